The molecule has 5 amide bonds. The van der Waals surface area contributed by atoms with Gasteiger partial charge < -0.3 is 25.9 Å². The first-order valence-corrected chi connectivity index (χ1v) is 12.7. The third kappa shape index (κ3) is 8.19. The second-order valence-corrected chi connectivity index (χ2v) is 10.5. The molecule has 0 radical (unpaired) electrons. The number of alkyl carbamates (subject to hydrolysis) is 1. The van der Waals surface area contributed by atoms with Crippen molar-refractivity contribution in [1.82, 2.24) is 20.7 Å². The largest absolute Gasteiger partial charge is 0.458 e. The normalized spacial score (nSPS) is 17.2. The van der Waals surface area contributed by atoms with Crippen LogP contribution in [-0.2, 0) is 36.0 Å². The third-order valence-electron chi connectivity index (χ3n) is 6.04. The van der Waals surface area contributed by atoms with Crippen molar-refractivity contribution in [3.05, 3.63) is 71.3 Å². The van der Waals surface area contributed by atoms with Crippen LogP contribution in [0.3, 0.4) is 0 Å². The van der Waals surface area contributed by atoms with E-state index >= 15 is 0 Å². The Morgan fingerprint density at radius 3 is 2.29 bits per heavy atom. The minimum Gasteiger partial charge on any atom is -0.458 e. The topological polar surface area (TPSA) is 173 Å². The molecule has 0 bridgehead atoms. The number of carbonyl (C=O) groups is 5. The summed E-state index contributed by atoms with van der Waals surface area (Å²) in [6.07, 6.45) is 0.455. The Hall–Kier alpha value is -4.65. The van der Waals surface area contributed by atoms with E-state index in [2.05, 4.69) is 15.7 Å². The molecule has 0 aliphatic carbocycles. The molecule has 0 saturated carbocycles. The maximum Gasteiger partial charge on any atom is 0.408 e. The van der Waals surface area contributed by atoms with Crippen molar-refractivity contribution in [2.24, 2.45) is 10.9 Å². The van der Waals surface area contributed by atoms with Gasteiger partial charge in [0.15, 0.2) is 0 Å². The first-order chi connectivity index (χ1) is 19.2. The number of rotatable bonds is 9. The molecule has 0 spiro atoms. The molecule has 1 fully saturated rings. The van der Waals surface area contributed by atoms with Crippen molar-refractivity contribution >= 4 is 48.5 Å². The van der Waals surface area contributed by atoms with Crippen LogP contribution in [0, 0.1) is 0 Å². The monoisotopic (exact) mass is 602 g/mol. The maximum absolute atomic E-state index is 13.6. The Morgan fingerprint density at radius 1 is 1.12 bits per heavy atom. The number of nitrogens with one attached hydrogen (secondary N) is 2. The Labute approximate surface area is 249 Å². The second-order valence-electron chi connectivity index (χ2n) is 10.5. The number of nitrogens with two attached hydrogens (primary N) is 1. The number of hydrazone groups is 1. The number of benzene rings is 2. The van der Waals surface area contributed by atoms with Crippen LogP contribution >= 0.6 is 12.4 Å². The molecule has 2 aromatic carbocycles. The van der Waals surface area contributed by atoms with Crippen molar-refractivity contribution in [2.75, 3.05) is 6.54 Å². The van der Waals surface area contributed by atoms with E-state index in [1.165, 1.54) is 13.1 Å². The molecule has 1 aliphatic heterocycles. The SMILES string of the molecule is CC(=O)N(C[C@H](NC(=O)OCc1ccccc1)C(=O)OC(C)(C)C)N1C(=O)N[C@](C)(c2ccc(C=NN)cc2)C1=O.Cl. The number of nitrogens with zero attached hydrogens (tertiary/aromatic N) is 3. The smallest absolute Gasteiger partial charge is 0.408 e. The zero-order chi connectivity index (χ0) is 30.4. The fourth-order valence-electron chi connectivity index (χ4n) is 4.01. The van der Waals surface area contributed by atoms with Gasteiger partial charge in [0, 0.05) is 6.92 Å². The summed E-state index contributed by atoms with van der Waals surface area (Å²) in [6, 6.07) is 13.0. The minimum atomic E-state index is -1.54. The highest BCUT2D eigenvalue weighted by Crippen LogP contribution is 2.30. The lowest BCUT2D eigenvalue weighted by Gasteiger charge is -2.32. The molecule has 1 heterocycles. The standard InChI is InChI=1S/C28H34N6O7.ClH/c1-18(35)33(34-24(37)28(5,32-25(34)38)21-13-11-19(12-14-21)15-30-29)16-22(23(36)41-27(2,3)4)31-26(39)40-17-20-9-7-6-8-10-20;/h6-15,22H,16-17,29H2,1-5H3,(H,31,39)(H,32,38);1H/t22-,28+;/m0./s1. The van der Waals surface area contributed by atoms with Gasteiger partial charge in [0.1, 0.15) is 23.8 Å². The molecule has 0 aromatic heterocycles. The summed E-state index contributed by atoms with van der Waals surface area (Å²) in [4.78, 5) is 65.2. The fourth-order valence-corrected chi connectivity index (χ4v) is 4.01. The van der Waals surface area contributed by atoms with Gasteiger partial charge in [0.05, 0.1) is 12.8 Å². The van der Waals surface area contributed by atoms with Crippen LogP contribution in [0.5, 0.6) is 0 Å². The zero-order valence-electron chi connectivity index (χ0n) is 24.0. The Morgan fingerprint density at radius 2 is 1.74 bits per heavy atom. The lowest BCUT2D eigenvalue weighted by Crippen LogP contribution is -2.58. The van der Waals surface area contributed by atoms with Gasteiger partial charge in [-0.1, -0.05) is 54.6 Å². The van der Waals surface area contributed by atoms with Gasteiger partial charge in [-0.15, -0.1) is 12.4 Å². The Bertz CT molecular complexity index is 1330. The molecule has 1 saturated heterocycles. The summed E-state index contributed by atoms with van der Waals surface area (Å²) < 4.78 is 10.7. The van der Waals surface area contributed by atoms with E-state index in [0.29, 0.717) is 21.7 Å². The van der Waals surface area contributed by atoms with Gasteiger partial charge in [-0.25, -0.2) is 19.4 Å². The average Bonchev–Trinajstić information content (AvgIpc) is 3.13. The lowest BCUT2D eigenvalue weighted by molar-refractivity contribution is -0.164. The molecule has 42 heavy (non-hydrogen) atoms. The highest BCUT2D eigenvalue weighted by Gasteiger charge is 2.52. The number of ether oxygens (including phenoxy) is 2. The average molecular weight is 603 g/mol. The number of carbonyl (C=O) groups excluding carboxylic acids is 5. The van der Waals surface area contributed by atoms with Crippen LogP contribution in [0.4, 0.5) is 9.59 Å². The predicted octanol–water partition coefficient (Wildman–Crippen LogP) is 2.57. The number of hydrogen-bond donors (Lipinski definition) is 3. The maximum atomic E-state index is 13.6. The van der Waals surface area contributed by atoms with Gasteiger partial charge >= 0.3 is 18.1 Å². The van der Waals surface area contributed by atoms with Gasteiger partial charge in [-0.2, -0.15) is 10.1 Å². The summed E-state index contributed by atoms with van der Waals surface area (Å²) >= 11 is 0. The Kier molecular flexibility index (Phi) is 11.0. The number of esters is 1. The molecule has 2 atom stereocenters. The first-order valence-electron chi connectivity index (χ1n) is 12.7. The zero-order valence-corrected chi connectivity index (χ0v) is 24.8. The molecular weight excluding hydrogens is 568 g/mol. The molecule has 2 aromatic rings. The van der Waals surface area contributed by atoms with Gasteiger partial charge in [0.2, 0.25) is 5.91 Å². The van der Waals surface area contributed by atoms with E-state index in [-0.39, 0.29) is 19.0 Å². The highest BCUT2D eigenvalue weighted by molar-refractivity contribution is 6.08. The van der Waals surface area contributed by atoms with Crippen molar-refractivity contribution in [3.63, 3.8) is 0 Å². The van der Waals surface area contributed by atoms with E-state index < -0.39 is 53.6 Å². The van der Waals surface area contributed by atoms with E-state index in [1.54, 1.807) is 69.3 Å². The van der Waals surface area contributed by atoms with Crippen molar-refractivity contribution in [1.29, 1.82) is 0 Å². The van der Waals surface area contributed by atoms with E-state index in [0.717, 1.165) is 11.9 Å². The van der Waals surface area contributed by atoms with E-state index in [9.17, 15) is 24.0 Å². The predicted molar refractivity (Wildman–Crippen MR) is 155 cm³/mol. The van der Waals surface area contributed by atoms with Crippen LogP contribution in [0.25, 0.3) is 0 Å². The van der Waals surface area contributed by atoms with Crippen LogP contribution < -0.4 is 16.5 Å². The molecule has 4 N–H and O–H groups in total. The summed E-state index contributed by atoms with van der Waals surface area (Å²) in [7, 11) is 0. The van der Waals surface area contributed by atoms with E-state index in [1.807, 2.05) is 6.07 Å². The number of amides is 5. The van der Waals surface area contributed by atoms with Crippen molar-refractivity contribution < 1.29 is 33.4 Å². The number of halogens is 1. The summed E-state index contributed by atoms with van der Waals surface area (Å²) in [5.41, 5.74) is -0.658. The van der Waals surface area contributed by atoms with Crippen LogP contribution in [-0.4, -0.2) is 64.3 Å². The number of urea groups is 1. The second kappa shape index (κ2) is 13.8. The molecule has 1 aliphatic rings. The molecule has 3 rings (SSSR count). The van der Waals surface area contributed by atoms with Gasteiger partial charge in [-0.05, 0) is 44.4 Å². The van der Waals surface area contributed by atoms with Gasteiger partial charge in [0.25, 0.3) is 5.91 Å². The minimum absolute atomic E-state index is 0. The Balaban J connectivity index is 0.00000616. The van der Waals surface area contributed by atoms with Crippen molar-refractivity contribution in [2.45, 2.75) is 58.4 Å². The van der Waals surface area contributed by atoms with Gasteiger partial charge in [-0.3, -0.25) is 9.59 Å². The van der Waals surface area contributed by atoms with Crippen LogP contribution in [0.15, 0.2) is 59.7 Å². The molecule has 13 nitrogen and oxygen atoms in total. The third-order valence-corrected chi connectivity index (χ3v) is 6.04. The van der Waals surface area contributed by atoms with Crippen molar-refractivity contribution in [3.8, 4) is 0 Å². The highest BCUT2D eigenvalue weighted by atomic mass is 35.5. The first kappa shape index (κ1) is 33.6. The summed E-state index contributed by atoms with van der Waals surface area (Å²) in [6.45, 7) is 6.83. The molecule has 226 valence electrons. The molecular formula is C28H35ClN6O7. The number of hydrogen-bond acceptors (Lipinski definition) is 9. The lowest BCUT2D eigenvalue weighted by atomic mass is 9.91. The summed E-state index contributed by atoms with van der Waals surface area (Å²) in [5, 5.41) is 9.86. The van der Waals surface area contributed by atoms with Crippen LogP contribution in [0.2, 0.25) is 0 Å². The molecule has 14 heteroatoms. The number of hydrazine groups is 1. The quantitative estimate of drug-likeness (QED) is 0.129. The number of imide groups is 1. The van der Waals surface area contributed by atoms with Crippen LogP contribution in [0.1, 0.15) is 51.3 Å². The fraction of sp³-hybridized carbons (Fsp3) is 0.357. The molecule has 0 unspecified atom stereocenters. The summed E-state index contributed by atoms with van der Waals surface area (Å²) in [5.74, 6) is 2.78. The van der Waals surface area contributed by atoms with E-state index in [4.69, 9.17) is 15.3 Å².